The summed E-state index contributed by atoms with van der Waals surface area (Å²) >= 11 is 14.4. The molecule has 1 amide bonds. The zero-order valence-corrected chi connectivity index (χ0v) is 17.5. The maximum absolute atomic E-state index is 12.5. The fraction of sp³-hybridized carbons (Fsp3) is 0.235. The standard InChI is InChI=1S/C17H18Cl2IN3O3/c1-21-12(8-24)9-26-23-17(25)13-6-10(18)2-4-15(13)22-16-5-3-11(20)7-14(16)19/h2-7,12,21-22,24H,8-9H2,1H3,(H,23,25)/t12-/m1/s1. The van der Waals surface area contributed by atoms with Gasteiger partial charge in [0.1, 0.15) is 0 Å². The van der Waals surface area contributed by atoms with Crippen LogP contribution in [-0.2, 0) is 4.84 Å². The highest BCUT2D eigenvalue weighted by Crippen LogP contribution is 2.30. The number of amides is 1. The molecule has 0 heterocycles. The van der Waals surface area contributed by atoms with Gasteiger partial charge in [0, 0.05) is 8.59 Å². The summed E-state index contributed by atoms with van der Waals surface area (Å²) in [5.41, 5.74) is 3.86. The van der Waals surface area contributed by atoms with Gasteiger partial charge in [-0.05, 0) is 66.0 Å². The Morgan fingerprint density at radius 1 is 1.23 bits per heavy atom. The van der Waals surface area contributed by atoms with Crippen molar-refractivity contribution in [1.29, 1.82) is 0 Å². The van der Waals surface area contributed by atoms with Gasteiger partial charge in [-0.15, -0.1) is 0 Å². The number of carbonyl (C=O) groups is 1. The van der Waals surface area contributed by atoms with Crippen molar-refractivity contribution in [2.75, 3.05) is 25.6 Å². The molecule has 0 saturated carbocycles. The maximum Gasteiger partial charge on any atom is 0.277 e. The summed E-state index contributed by atoms with van der Waals surface area (Å²) in [7, 11) is 1.69. The van der Waals surface area contributed by atoms with Crippen LogP contribution in [0.15, 0.2) is 36.4 Å². The Balaban J connectivity index is 2.15. The number of rotatable bonds is 8. The lowest BCUT2D eigenvalue weighted by Crippen LogP contribution is -2.37. The molecule has 140 valence electrons. The lowest BCUT2D eigenvalue weighted by Gasteiger charge is -2.16. The number of nitrogens with one attached hydrogen (secondary N) is 3. The van der Waals surface area contributed by atoms with Crippen LogP contribution in [0.1, 0.15) is 10.4 Å². The predicted octanol–water partition coefficient (Wildman–Crippen LogP) is 3.58. The number of hydroxylamine groups is 1. The highest BCUT2D eigenvalue weighted by molar-refractivity contribution is 14.1. The summed E-state index contributed by atoms with van der Waals surface area (Å²) in [6.07, 6.45) is 0. The maximum atomic E-state index is 12.5. The van der Waals surface area contributed by atoms with Crippen molar-refractivity contribution in [1.82, 2.24) is 10.8 Å². The highest BCUT2D eigenvalue weighted by Gasteiger charge is 2.15. The summed E-state index contributed by atoms with van der Waals surface area (Å²) in [6, 6.07) is 10.2. The van der Waals surface area contributed by atoms with Crippen molar-refractivity contribution in [2.45, 2.75) is 6.04 Å². The fourth-order valence-electron chi connectivity index (χ4n) is 2.04. The second-order valence-electron chi connectivity index (χ2n) is 5.35. The van der Waals surface area contributed by atoms with E-state index in [-0.39, 0.29) is 19.3 Å². The van der Waals surface area contributed by atoms with E-state index < -0.39 is 5.91 Å². The molecular weight excluding hydrogens is 492 g/mol. The molecule has 0 unspecified atom stereocenters. The van der Waals surface area contributed by atoms with Crippen molar-refractivity contribution in [3.05, 3.63) is 55.6 Å². The van der Waals surface area contributed by atoms with E-state index in [1.807, 2.05) is 18.2 Å². The van der Waals surface area contributed by atoms with E-state index in [0.717, 1.165) is 3.57 Å². The average Bonchev–Trinajstić information content (AvgIpc) is 2.62. The number of aliphatic hydroxyl groups excluding tert-OH is 1. The molecule has 0 fully saturated rings. The van der Waals surface area contributed by atoms with Crippen molar-refractivity contribution in [3.8, 4) is 0 Å². The van der Waals surface area contributed by atoms with Gasteiger partial charge in [-0.1, -0.05) is 23.2 Å². The fourth-order valence-corrected chi connectivity index (χ4v) is 3.11. The number of anilines is 2. The average molecular weight is 510 g/mol. The Bertz CT molecular complexity index is 773. The van der Waals surface area contributed by atoms with Crippen LogP contribution < -0.4 is 16.1 Å². The Morgan fingerprint density at radius 2 is 1.96 bits per heavy atom. The van der Waals surface area contributed by atoms with E-state index in [1.54, 1.807) is 19.2 Å². The third-order valence-electron chi connectivity index (χ3n) is 3.50. The molecule has 2 aromatic carbocycles. The minimum Gasteiger partial charge on any atom is -0.395 e. The van der Waals surface area contributed by atoms with E-state index in [0.29, 0.717) is 27.0 Å². The molecule has 0 aliphatic rings. The van der Waals surface area contributed by atoms with Crippen molar-refractivity contribution >= 4 is 63.1 Å². The number of halogens is 3. The van der Waals surface area contributed by atoms with E-state index >= 15 is 0 Å². The monoisotopic (exact) mass is 509 g/mol. The summed E-state index contributed by atoms with van der Waals surface area (Å²) in [4.78, 5) is 17.6. The Hall–Kier alpha value is -1.10. The number of carbonyl (C=O) groups excluding carboxylic acids is 1. The van der Waals surface area contributed by atoms with Crippen LogP contribution in [0.2, 0.25) is 10.0 Å². The van der Waals surface area contributed by atoms with Gasteiger partial charge >= 0.3 is 0 Å². The first-order valence-corrected chi connectivity index (χ1v) is 9.50. The Kier molecular flexibility index (Phi) is 8.39. The summed E-state index contributed by atoms with van der Waals surface area (Å²) < 4.78 is 1.00. The van der Waals surface area contributed by atoms with Crippen LogP contribution in [0.3, 0.4) is 0 Å². The number of likely N-dealkylation sites (N-methyl/N-ethyl adjacent to an activating group) is 1. The van der Waals surface area contributed by atoms with Crippen molar-refractivity contribution in [2.24, 2.45) is 0 Å². The number of hydrogen-bond donors (Lipinski definition) is 4. The third-order valence-corrected chi connectivity index (χ3v) is 4.72. The predicted molar refractivity (Wildman–Crippen MR) is 112 cm³/mol. The topological polar surface area (TPSA) is 82.6 Å². The van der Waals surface area contributed by atoms with Gasteiger partial charge < -0.3 is 15.7 Å². The highest BCUT2D eigenvalue weighted by atomic mass is 127. The first-order chi connectivity index (χ1) is 12.4. The number of benzene rings is 2. The summed E-state index contributed by atoms with van der Waals surface area (Å²) in [5.74, 6) is -0.468. The van der Waals surface area contributed by atoms with E-state index in [4.69, 9.17) is 33.1 Å². The van der Waals surface area contributed by atoms with Crippen LogP contribution in [0.25, 0.3) is 0 Å². The van der Waals surface area contributed by atoms with Crippen LogP contribution >= 0.6 is 45.8 Å². The smallest absolute Gasteiger partial charge is 0.277 e. The lowest BCUT2D eigenvalue weighted by molar-refractivity contribution is 0.0164. The largest absolute Gasteiger partial charge is 0.395 e. The summed E-state index contributed by atoms with van der Waals surface area (Å²) in [6.45, 7) is 0.00661. The van der Waals surface area contributed by atoms with Gasteiger partial charge in [0.2, 0.25) is 0 Å². The summed E-state index contributed by atoms with van der Waals surface area (Å²) in [5, 5.41) is 16.0. The molecule has 0 aliphatic carbocycles. The molecule has 1 atom stereocenters. The molecular formula is C17H18Cl2IN3O3. The second-order valence-corrected chi connectivity index (χ2v) is 7.44. The van der Waals surface area contributed by atoms with Gasteiger partial charge in [-0.2, -0.15) is 0 Å². The molecule has 0 saturated heterocycles. The van der Waals surface area contributed by atoms with Gasteiger partial charge in [0.15, 0.2) is 0 Å². The first kappa shape index (κ1) is 21.2. The minimum absolute atomic E-state index is 0.109. The third kappa shape index (κ3) is 5.97. The SMILES string of the molecule is CN[C@H](CO)CONC(=O)c1cc(Cl)ccc1Nc1ccc(I)cc1Cl. The second kappa shape index (κ2) is 10.3. The molecule has 0 radical (unpaired) electrons. The molecule has 2 aromatic rings. The molecule has 2 rings (SSSR count). The molecule has 0 aromatic heterocycles. The van der Waals surface area contributed by atoms with E-state index in [9.17, 15) is 4.79 Å². The molecule has 0 aliphatic heterocycles. The molecule has 4 N–H and O–H groups in total. The van der Waals surface area contributed by atoms with Crippen LogP contribution in [0, 0.1) is 3.57 Å². The van der Waals surface area contributed by atoms with Gasteiger partial charge in [-0.3, -0.25) is 9.63 Å². The molecule has 9 heteroatoms. The molecule has 0 bridgehead atoms. The number of hydrogen-bond acceptors (Lipinski definition) is 5. The Labute approximate surface area is 175 Å². The van der Waals surface area contributed by atoms with E-state index in [1.165, 1.54) is 6.07 Å². The minimum atomic E-state index is -0.468. The van der Waals surface area contributed by atoms with Gasteiger partial charge in [0.05, 0.1) is 41.2 Å². The van der Waals surface area contributed by atoms with Gasteiger partial charge in [0.25, 0.3) is 5.91 Å². The van der Waals surface area contributed by atoms with Crippen molar-refractivity contribution < 1.29 is 14.7 Å². The van der Waals surface area contributed by atoms with Crippen LogP contribution in [-0.4, -0.2) is 37.3 Å². The van der Waals surface area contributed by atoms with Crippen LogP contribution in [0.5, 0.6) is 0 Å². The quantitative estimate of drug-likeness (QED) is 0.323. The van der Waals surface area contributed by atoms with E-state index in [2.05, 4.69) is 38.7 Å². The molecule has 26 heavy (non-hydrogen) atoms. The molecule has 0 spiro atoms. The van der Waals surface area contributed by atoms with Gasteiger partial charge in [-0.25, -0.2) is 5.48 Å². The zero-order chi connectivity index (χ0) is 19.1. The first-order valence-electron chi connectivity index (χ1n) is 7.66. The Morgan fingerprint density at radius 3 is 2.62 bits per heavy atom. The van der Waals surface area contributed by atoms with Crippen LogP contribution in [0.4, 0.5) is 11.4 Å². The lowest BCUT2D eigenvalue weighted by atomic mass is 10.1. The molecule has 6 nitrogen and oxygen atoms in total. The number of aliphatic hydroxyl groups is 1. The van der Waals surface area contributed by atoms with Crippen molar-refractivity contribution in [3.63, 3.8) is 0 Å². The normalized spacial score (nSPS) is 11.9. The zero-order valence-electron chi connectivity index (χ0n) is 13.9.